The summed E-state index contributed by atoms with van der Waals surface area (Å²) in [5, 5.41) is 0. The molecule has 0 unspecified atom stereocenters. The second-order valence-corrected chi connectivity index (χ2v) is 7.03. The summed E-state index contributed by atoms with van der Waals surface area (Å²) in [7, 11) is 0. The summed E-state index contributed by atoms with van der Waals surface area (Å²) >= 11 is 3.37. The van der Waals surface area contributed by atoms with Crippen LogP contribution in [-0.4, -0.2) is 30.0 Å². The van der Waals surface area contributed by atoms with E-state index in [2.05, 4.69) is 20.9 Å². The van der Waals surface area contributed by atoms with Crippen molar-refractivity contribution in [2.45, 2.75) is 6.92 Å². The molecule has 154 valence electrons. The summed E-state index contributed by atoms with van der Waals surface area (Å²) in [4.78, 5) is 30.4. The average Bonchev–Trinajstić information content (AvgIpc) is 2.73. The zero-order valence-corrected chi connectivity index (χ0v) is 17.6. The van der Waals surface area contributed by atoms with E-state index >= 15 is 0 Å². The molecule has 1 heterocycles. The second-order valence-electron chi connectivity index (χ2n) is 6.12. The Bertz CT molecular complexity index is 1030. The van der Waals surface area contributed by atoms with Crippen molar-refractivity contribution >= 4 is 33.5 Å². The highest BCUT2D eigenvalue weighted by molar-refractivity contribution is 9.10. The van der Waals surface area contributed by atoms with Crippen LogP contribution in [0.4, 0.5) is 10.1 Å². The van der Waals surface area contributed by atoms with Crippen LogP contribution >= 0.6 is 15.9 Å². The van der Waals surface area contributed by atoms with E-state index in [0.717, 1.165) is 4.47 Å². The van der Waals surface area contributed by atoms with Gasteiger partial charge in [-0.1, -0.05) is 22.0 Å². The minimum atomic E-state index is -0.572. The van der Waals surface area contributed by atoms with E-state index in [1.54, 1.807) is 31.2 Å². The van der Waals surface area contributed by atoms with Crippen LogP contribution in [-0.2, 0) is 9.53 Å². The molecule has 0 saturated heterocycles. The number of ether oxygens (including phenoxy) is 2. The van der Waals surface area contributed by atoms with Gasteiger partial charge in [0.25, 0.3) is 5.91 Å². The first-order chi connectivity index (χ1) is 14.5. The fraction of sp³-hybridized carbons (Fsp3) is 0.136. The maximum Gasteiger partial charge on any atom is 0.326 e. The zero-order chi connectivity index (χ0) is 21.5. The topological polar surface area (TPSA) is 68.7 Å². The van der Waals surface area contributed by atoms with Crippen LogP contribution in [0.3, 0.4) is 0 Å². The summed E-state index contributed by atoms with van der Waals surface area (Å²) < 4.78 is 24.8. The van der Waals surface area contributed by atoms with E-state index in [-0.39, 0.29) is 18.7 Å². The molecular formula is C22H18BrFN2O4. The van der Waals surface area contributed by atoms with E-state index in [1.165, 1.54) is 35.4 Å². The number of aromatic nitrogens is 1. The van der Waals surface area contributed by atoms with Crippen molar-refractivity contribution in [2.24, 2.45) is 0 Å². The number of nitrogens with zero attached hydrogens (tertiary/aromatic N) is 2. The molecule has 0 atom stereocenters. The minimum Gasteiger partial charge on any atom is -0.465 e. The second kappa shape index (κ2) is 9.98. The smallest absolute Gasteiger partial charge is 0.326 e. The van der Waals surface area contributed by atoms with Crippen molar-refractivity contribution < 1.29 is 23.5 Å². The molecule has 30 heavy (non-hydrogen) atoms. The maximum absolute atomic E-state index is 13.3. The van der Waals surface area contributed by atoms with E-state index < -0.39 is 17.7 Å². The number of amides is 1. The normalized spacial score (nSPS) is 10.4. The van der Waals surface area contributed by atoms with Crippen LogP contribution in [0.2, 0.25) is 0 Å². The Labute approximate surface area is 181 Å². The molecule has 0 N–H and O–H groups in total. The molecule has 1 amide bonds. The third kappa shape index (κ3) is 5.64. The summed E-state index contributed by atoms with van der Waals surface area (Å²) in [6, 6.07) is 15.6. The molecule has 0 aliphatic heterocycles. The number of anilines is 1. The van der Waals surface area contributed by atoms with Crippen molar-refractivity contribution in [1.29, 1.82) is 0 Å². The highest BCUT2D eigenvalue weighted by atomic mass is 79.9. The predicted molar refractivity (Wildman–Crippen MR) is 113 cm³/mol. The first-order valence-electron chi connectivity index (χ1n) is 9.09. The number of esters is 1. The number of pyridine rings is 1. The maximum atomic E-state index is 13.3. The van der Waals surface area contributed by atoms with Crippen molar-refractivity contribution in [1.82, 2.24) is 4.98 Å². The van der Waals surface area contributed by atoms with Crippen molar-refractivity contribution in [3.8, 4) is 11.6 Å². The van der Waals surface area contributed by atoms with Crippen molar-refractivity contribution in [2.75, 3.05) is 18.1 Å². The number of hydrogen-bond acceptors (Lipinski definition) is 5. The van der Waals surface area contributed by atoms with E-state index in [4.69, 9.17) is 9.47 Å². The number of carbonyl (C=O) groups is 2. The van der Waals surface area contributed by atoms with Gasteiger partial charge in [-0.3, -0.25) is 14.5 Å². The molecule has 0 aliphatic carbocycles. The molecule has 3 rings (SSSR count). The summed E-state index contributed by atoms with van der Waals surface area (Å²) in [5.41, 5.74) is 0.606. The van der Waals surface area contributed by atoms with Gasteiger partial charge in [0.05, 0.1) is 12.2 Å². The van der Waals surface area contributed by atoms with Gasteiger partial charge in [0.2, 0.25) is 5.88 Å². The summed E-state index contributed by atoms with van der Waals surface area (Å²) in [6.07, 6.45) is 1.36. The molecule has 3 aromatic rings. The molecule has 6 nitrogen and oxygen atoms in total. The fourth-order valence-electron chi connectivity index (χ4n) is 2.61. The van der Waals surface area contributed by atoms with Gasteiger partial charge in [-0.15, -0.1) is 0 Å². The Morgan fingerprint density at radius 2 is 1.87 bits per heavy atom. The lowest BCUT2D eigenvalue weighted by atomic mass is 10.2. The Kier molecular flexibility index (Phi) is 7.13. The minimum absolute atomic E-state index is 0.188. The monoisotopic (exact) mass is 472 g/mol. The number of rotatable bonds is 7. The van der Waals surface area contributed by atoms with Crippen LogP contribution in [0, 0.1) is 5.82 Å². The highest BCUT2D eigenvalue weighted by Gasteiger charge is 2.22. The molecule has 0 spiro atoms. The molecule has 0 aliphatic rings. The van der Waals surface area contributed by atoms with E-state index in [1.807, 2.05) is 12.1 Å². The van der Waals surface area contributed by atoms with E-state index in [9.17, 15) is 14.0 Å². The van der Waals surface area contributed by atoms with Gasteiger partial charge in [0, 0.05) is 22.4 Å². The largest absolute Gasteiger partial charge is 0.465 e. The van der Waals surface area contributed by atoms with Crippen LogP contribution in [0.5, 0.6) is 11.6 Å². The van der Waals surface area contributed by atoms with Gasteiger partial charge in [-0.05, 0) is 55.5 Å². The lowest BCUT2D eigenvalue weighted by Crippen LogP contribution is -2.36. The van der Waals surface area contributed by atoms with Gasteiger partial charge in [-0.25, -0.2) is 9.37 Å². The number of carbonyl (C=O) groups excluding carboxylic acids is 2. The molecule has 0 radical (unpaired) electrons. The first-order valence-corrected chi connectivity index (χ1v) is 9.88. The zero-order valence-electron chi connectivity index (χ0n) is 16.0. The Balaban J connectivity index is 1.80. The van der Waals surface area contributed by atoms with Crippen LogP contribution in [0.25, 0.3) is 0 Å². The lowest BCUT2D eigenvalue weighted by molar-refractivity contribution is -0.141. The number of halogens is 2. The van der Waals surface area contributed by atoms with Gasteiger partial charge >= 0.3 is 5.97 Å². The van der Waals surface area contributed by atoms with Crippen molar-refractivity contribution in [3.63, 3.8) is 0 Å². The average molecular weight is 473 g/mol. The number of hydrogen-bond donors (Lipinski definition) is 0. The predicted octanol–water partition coefficient (Wildman–Crippen LogP) is 4.99. The fourth-order valence-corrected chi connectivity index (χ4v) is 2.99. The quantitative estimate of drug-likeness (QED) is 0.453. The Morgan fingerprint density at radius 1 is 1.10 bits per heavy atom. The SMILES string of the molecule is CCOC(=O)CN(C(=O)c1ccc(Oc2cccc(Br)c2)nc1)c1ccc(F)cc1. The lowest BCUT2D eigenvalue weighted by Gasteiger charge is -2.22. The molecule has 0 saturated carbocycles. The third-order valence-electron chi connectivity index (χ3n) is 3.98. The van der Waals surface area contributed by atoms with Crippen LogP contribution < -0.4 is 9.64 Å². The first kappa shape index (κ1) is 21.4. The summed E-state index contributed by atoms with van der Waals surface area (Å²) in [6.45, 7) is 1.55. The molecule has 0 bridgehead atoms. The molecular weight excluding hydrogens is 455 g/mol. The Morgan fingerprint density at radius 3 is 2.50 bits per heavy atom. The standard InChI is InChI=1S/C22H18BrFN2O4/c1-2-29-21(27)14-26(18-9-7-17(24)8-10-18)22(28)15-6-11-20(25-13-15)30-19-5-3-4-16(23)12-19/h3-13H,2,14H2,1H3. The van der Waals surface area contributed by atoms with Crippen LogP contribution in [0.1, 0.15) is 17.3 Å². The number of benzene rings is 2. The third-order valence-corrected chi connectivity index (χ3v) is 4.47. The molecule has 1 aromatic heterocycles. The van der Waals surface area contributed by atoms with Gasteiger partial charge < -0.3 is 9.47 Å². The van der Waals surface area contributed by atoms with Gasteiger partial charge in [0.1, 0.15) is 18.1 Å². The van der Waals surface area contributed by atoms with Crippen molar-refractivity contribution in [3.05, 3.63) is 82.7 Å². The summed E-state index contributed by atoms with van der Waals surface area (Å²) in [5.74, 6) is -0.596. The highest BCUT2D eigenvalue weighted by Crippen LogP contribution is 2.24. The molecule has 0 fully saturated rings. The van der Waals surface area contributed by atoms with Crippen LogP contribution in [0.15, 0.2) is 71.3 Å². The molecule has 8 heteroatoms. The van der Waals surface area contributed by atoms with Gasteiger partial charge in [-0.2, -0.15) is 0 Å². The van der Waals surface area contributed by atoms with Gasteiger partial charge in [0.15, 0.2) is 0 Å². The van der Waals surface area contributed by atoms with E-state index in [0.29, 0.717) is 17.3 Å². The Hall–Kier alpha value is -3.26. The molecule has 2 aromatic carbocycles.